The molecule has 0 aromatic rings. The molecule has 1 saturated carbocycles. The molecule has 0 saturated heterocycles. The fourth-order valence-electron chi connectivity index (χ4n) is 2.40. The first-order valence-corrected chi connectivity index (χ1v) is 6.17. The minimum atomic E-state index is -0.234. The van der Waals surface area contributed by atoms with Gasteiger partial charge in [-0.3, -0.25) is 4.79 Å². The maximum atomic E-state index is 11.5. The first-order valence-electron chi connectivity index (χ1n) is 6.17. The largest absolute Gasteiger partial charge is 0.468 e. The second kappa shape index (κ2) is 6.86. The Hall–Kier alpha value is -0.610. The summed E-state index contributed by atoms with van der Waals surface area (Å²) in [6.07, 6.45) is 5.16. The molecule has 0 radical (unpaired) electrons. The quantitative estimate of drug-likeness (QED) is 0.693. The number of ether oxygens (including phenoxy) is 1. The van der Waals surface area contributed by atoms with E-state index in [2.05, 4.69) is 5.32 Å². The average molecular weight is 229 g/mol. The molecule has 3 unspecified atom stereocenters. The molecule has 0 amide bonds. The first-order chi connectivity index (χ1) is 7.72. The van der Waals surface area contributed by atoms with E-state index in [1.807, 2.05) is 6.92 Å². The number of hydrogen-bond acceptors (Lipinski definition) is 4. The minimum absolute atomic E-state index is 0.204. The van der Waals surface area contributed by atoms with Crippen LogP contribution in [0.15, 0.2) is 0 Å². The molecule has 0 aliphatic heterocycles. The van der Waals surface area contributed by atoms with Gasteiger partial charge in [-0.2, -0.15) is 0 Å². The topological polar surface area (TPSA) is 58.6 Å². The van der Waals surface area contributed by atoms with Crippen LogP contribution in [0.25, 0.3) is 0 Å². The minimum Gasteiger partial charge on any atom is -0.468 e. The van der Waals surface area contributed by atoms with E-state index in [1.165, 1.54) is 20.0 Å². The van der Waals surface area contributed by atoms with Crippen LogP contribution in [0.4, 0.5) is 0 Å². The number of methoxy groups -OCH3 is 1. The van der Waals surface area contributed by atoms with Gasteiger partial charge in [-0.1, -0.05) is 19.8 Å². The number of nitrogens with one attached hydrogen (secondary N) is 1. The molecular formula is C12H23NO3. The molecule has 1 rings (SSSR count). The van der Waals surface area contributed by atoms with Gasteiger partial charge in [0, 0.05) is 12.6 Å². The van der Waals surface area contributed by atoms with E-state index in [-0.39, 0.29) is 30.6 Å². The summed E-state index contributed by atoms with van der Waals surface area (Å²) in [7, 11) is 1.41. The van der Waals surface area contributed by atoms with Crippen molar-refractivity contribution in [2.45, 2.75) is 51.1 Å². The third-order valence-electron chi connectivity index (χ3n) is 3.45. The fourth-order valence-corrected chi connectivity index (χ4v) is 2.40. The summed E-state index contributed by atoms with van der Waals surface area (Å²) in [6, 6.07) is 0.0185. The molecule has 0 spiro atoms. The number of hydrogen-bond donors (Lipinski definition) is 2. The summed E-state index contributed by atoms with van der Waals surface area (Å²) in [4.78, 5) is 11.5. The van der Waals surface area contributed by atoms with Gasteiger partial charge in [0.25, 0.3) is 0 Å². The van der Waals surface area contributed by atoms with Crippen LogP contribution in [0.1, 0.15) is 39.0 Å². The van der Waals surface area contributed by atoms with Crippen molar-refractivity contribution in [3.05, 3.63) is 0 Å². The monoisotopic (exact) mass is 229 g/mol. The van der Waals surface area contributed by atoms with Crippen molar-refractivity contribution in [3.8, 4) is 0 Å². The lowest BCUT2D eigenvalue weighted by molar-refractivity contribution is -0.143. The van der Waals surface area contributed by atoms with E-state index < -0.39 is 0 Å². The van der Waals surface area contributed by atoms with Crippen LogP contribution in [-0.4, -0.2) is 36.9 Å². The fraction of sp³-hybridized carbons (Fsp3) is 0.917. The number of esters is 1. The average Bonchev–Trinajstić information content (AvgIpc) is 2.35. The summed E-state index contributed by atoms with van der Waals surface area (Å²) in [6.45, 7) is 2.17. The van der Waals surface area contributed by atoms with Crippen LogP contribution in [0.2, 0.25) is 0 Å². The molecule has 4 heteroatoms. The molecule has 1 aliphatic rings. The van der Waals surface area contributed by atoms with E-state index in [9.17, 15) is 9.90 Å². The van der Waals surface area contributed by atoms with Gasteiger partial charge in [-0.15, -0.1) is 0 Å². The zero-order valence-corrected chi connectivity index (χ0v) is 10.2. The van der Waals surface area contributed by atoms with Gasteiger partial charge in [0.1, 0.15) is 6.04 Å². The lowest BCUT2D eigenvalue weighted by Gasteiger charge is -2.33. The predicted octanol–water partition coefficient (Wildman–Crippen LogP) is 1.08. The Bertz CT molecular complexity index is 220. The van der Waals surface area contributed by atoms with E-state index in [0.717, 1.165) is 19.3 Å². The number of aliphatic hydroxyl groups excluding tert-OH is 1. The van der Waals surface area contributed by atoms with E-state index in [1.54, 1.807) is 0 Å². The summed E-state index contributed by atoms with van der Waals surface area (Å²) >= 11 is 0. The lowest BCUT2D eigenvalue weighted by atomic mass is 9.84. The Morgan fingerprint density at radius 1 is 1.50 bits per heavy atom. The van der Waals surface area contributed by atoms with Gasteiger partial charge in [-0.25, -0.2) is 0 Å². The molecule has 2 N–H and O–H groups in total. The summed E-state index contributed by atoms with van der Waals surface area (Å²) in [5.74, 6) is 0.0808. The van der Waals surface area contributed by atoms with Crippen LogP contribution in [-0.2, 0) is 9.53 Å². The Labute approximate surface area is 97.4 Å². The lowest BCUT2D eigenvalue weighted by Crippen LogP contribution is -2.48. The summed E-state index contributed by atoms with van der Waals surface area (Å²) in [5, 5.41) is 12.6. The smallest absolute Gasteiger partial charge is 0.322 e. The standard InChI is InChI=1S/C12H23NO3/c1-3-10(12(15)16-2)13-11-7-5-4-6-9(11)8-14/h9-11,13-14H,3-8H2,1-2H3. The SMILES string of the molecule is CCC(NC1CCCCC1CO)C(=O)OC. The third-order valence-corrected chi connectivity index (χ3v) is 3.45. The molecule has 0 heterocycles. The van der Waals surface area contributed by atoms with Gasteiger partial charge < -0.3 is 15.2 Å². The third kappa shape index (κ3) is 3.46. The van der Waals surface area contributed by atoms with Crippen molar-refractivity contribution in [3.63, 3.8) is 0 Å². The summed E-state index contributed by atoms with van der Waals surface area (Å²) < 4.78 is 4.75. The molecule has 0 bridgehead atoms. The Morgan fingerprint density at radius 2 is 2.19 bits per heavy atom. The van der Waals surface area contributed by atoms with Gasteiger partial charge in [0.15, 0.2) is 0 Å². The normalized spacial score (nSPS) is 27.4. The zero-order chi connectivity index (χ0) is 12.0. The molecule has 94 valence electrons. The molecule has 1 aliphatic carbocycles. The Kier molecular flexibility index (Phi) is 5.77. The molecule has 4 nitrogen and oxygen atoms in total. The van der Waals surface area contributed by atoms with Gasteiger partial charge in [-0.05, 0) is 25.2 Å². The van der Waals surface area contributed by atoms with Crippen LogP contribution in [0, 0.1) is 5.92 Å². The highest BCUT2D eigenvalue weighted by Gasteiger charge is 2.28. The molecule has 0 aromatic carbocycles. The Balaban J connectivity index is 2.51. The summed E-state index contributed by atoms with van der Waals surface area (Å²) in [5.41, 5.74) is 0. The van der Waals surface area contributed by atoms with Crippen molar-refractivity contribution in [1.82, 2.24) is 5.32 Å². The second-order valence-corrected chi connectivity index (χ2v) is 4.48. The van der Waals surface area contributed by atoms with E-state index in [0.29, 0.717) is 0 Å². The highest BCUT2D eigenvalue weighted by Crippen LogP contribution is 2.24. The molecule has 16 heavy (non-hydrogen) atoms. The highest BCUT2D eigenvalue weighted by molar-refractivity contribution is 5.75. The van der Waals surface area contributed by atoms with Crippen LogP contribution < -0.4 is 5.32 Å². The molecule has 3 atom stereocenters. The van der Waals surface area contributed by atoms with Gasteiger partial charge in [0.2, 0.25) is 0 Å². The number of carbonyl (C=O) groups excluding carboxylic acids is 1. The number of carbonyl (C=O) groups is 1. The van der Waals surface area contributed by atoms with Crippen molar-refractivity contribution in [2.24, 2.45) is 5.92 Å². The van der Waals surface area contributed by atoms with E-state index >= 15 is 0 Å². The van der Waals surface area contributed by atoms with Crippen LogP contribution in [0.3, 0.4) is 0 Å². The van der Waals surface area contributed by atoms with Crippen molar-refractivity contribution < 1.29 is 14.6 Å². The molecule has 0 aromatic heterocycles. The van der Waals surface area contributed by atoms with Crippen molar-refractivity contribution in [1.29, 1.82) is 0 Å². The predicted molar refractivity (Wildman–Crippen MR) is 62.1 cm³/mol. The van der Waals surface area contributed by atoms with E-state index in [4.69, 9.17) is 4.74 Å². The second-order valence-electron chi connectivity index (χ2n) is 4.48. The van der Waals surface area contributed by atoms with Crippen LogP contribution >= 0.6 is 0 Å². The van der Waals surface area contributed by atoms with Crippen LogP contribution in [0.5, 0.6) is 0 Å². The van der Waals surface area contributed by atoms with Gasteiger partial charge >= 0.3 is 5.97 Å². The first kappa shape index (κ1) is 13.5. The maximum Gasteiger partial charge on any atom is 0.322 e. The highest BCUT2D eigenvalue weighted by atomic mass is 16.5. The Morgan fingerprint density at radius 3 is 2.75 bits per heavy atom. The molecule has 1 fully saturated rings. The number of aliphatic hydroxyl groups is 1. The van der Waals surface area contributed by atoms with Gasteiger partial charge in [0.05, 0.1) is 7.11 Å². The van der Waals surface area contributed by atoms with Crippen molar-refractivity contribution >= 4 is 5.97 Å². The number of rotatable bonds is 5. The zero-order valence-electron chi connectivity index (χ0n) is 10.2. The molecular weight excluding hydrogens is 206 g/mol. The van der Waals surface area contributed by atoms with Crippen molar-refractivity contribution in [2.75, 3.05) is 13.7 Å². The maximum absolute atomic E-state index is 11.5.